The highest BCUT2D eigenvalue weighted by Gasteiger charge is 2.43. The first-order valence-electron chi connectivity index (χ1n) is 9.65. The summed E-state index contributed by atoms with van der Waals surface area (Å²) < 4.78 is 36.6. The minimum absolute atomic E-state index is 0.121. The van der Waals surface area contributed by atoms with Gasteiger partial charge in [-0.1, -0.05) is 0 Å². The van der Waals surface area contributed by atoms with Crippen molar-refractivity contribution in [2.45, 2.75) is 12.8 Å². The molecule has 0 saturated heterocycles. The second kappa shape index (κ2) is 8.61. The maximum atomic E-state index is 13.2. The number of aryl methyl sites for hydroxylation is 1. The number of ether oxygens (including phenoxy) is 2. The molecule has 0 fully saturated rings. The average molecular weight is 459 g/mol. The first kappa shape index (κ1) is 21.8. The monoisotopic (exact) mass is 459 g/mol. The van der Waals surface area contributed by atoms with Crippen LogP contribution in [0.5, 0.6) is 11.5 Å². The van der Waals surface area contributed by atoms with Gasteiger partial charge in [-0.3, -0.25) is 14.8 Å². The number of carbonyl (C=O) groups is 2. The van der Waals surface area contributed by atoms with Crippen LogP contribution in [0.4, 0.5) is 30.9 Å². The van der Waals surface area contributed by atoms with Gasteiger partial charge in [0.1, 0.15) is 17.2 Å². The molecular formula is C20H19F2N7O4. The Kier molecular flexibility index (Phi) is 5.69. The molecule has 172 valence electrons. The molecule has 1 aliphatic heterocycles. The van der Waals surface area contributed by atoms with Crippen molar-refractivity contribution in [2.24, 2.45) is 7.05 Å². The van der Waals surface area contributed by atoms with E-state index in [1.54, 1.807) is 25.4 Å². The lowest BCUT2D eigenvalue weighted by atomic mass is 10.2. The van der Waals surface area contributed by atoms with Gasteiger partial charge in [-0.05, 0) is 29.8 Å². The zero-order valence-corrected chi connectivity index (χ0v) is 17.5. The summed E-state index contributed by atoms with van der Waals surface area (Å²) >= 11 is 0. The highest BCUT2D eigenvalue weighted by atomic mass is 19.3. The standard InChI is InChI=1S/C20H19F2N7O4/c1-23-19(31)28-16-7-11(5-6-24-16)9-25-17-13(10-26-29(17)2)18(30)27-12-3-4-14-15(8-12)33-20(21,22)32-14/h3-8,10,25H,9H2,1-2H3,(H,27,30)(H2,23,24,28,31). The van der Waals surface area contributed by atoms with Crippen LogP contribution < -0.4 is 30.7 Å². The quantitative estimate of drug-likeness (QED) is 0.446. The van der Waals surface area contributed by atoms with E-state index in [0.29, 0.717) is 18.2 Å². The number of pyridine rings is 1. The number of nitrogens with zero attached hydrogens (tertiary/aromatic N) is 3. The van der Waals surface area contributed by atoms with E-state index in [-0.39, 0.29) is 22.7 Å². The number of hydrogen-bond donors (Lipinski definition) is 4. The highest BCUT2D eigenvalue weighted by molar-refractivity contribution is 6.07. The topological polar surface area (TPSA) is 131 Å². The summed E-state index contributed by atoms with van der Waals surface area (Å²) in [7, 11) is 3.15. The Morgan fingerprint density at radius 3 is 2.70 bits per heavy atom. The summed E-state index contributed by atoms with van der Waals surface area (Å²) in [6.45, 7) is 0.309. The second-order valence-corrected chi connectivity index (χ2v) is 6.92. The Bertz CT molecular complexity index is 1210. The van der Waals surface area contributed by atoms with E-state index >= 15 is 0 Å². The fourth-order valence-corrected chi connectivity index (χ4v) is 3.06. The molecule has 3 heterocycles. The van der Waals surface area contributed by atoms with Crippen LogP contribution in [0.2, 0.25) is 0 Å². The minimum atomic E-state index is -3.74. The summed E-state index contributed by atoms with van der Waals surface area (Å²) in [6, 6.07) is 6.98. The summed E-state index contributed by atoms with van der Waals surface area (Å²) in [4.78, 5) is 28.3. The van der Waals surface area contributed by atoms with Crippen LogP contribution in [-0.4, -0.2) is 40.0 Å². The van der Waals surface area contributed by atoms with Crippen LogP contribution >= 0.6 is 0 Å². The molecule has 3 aromatic rings. The molecule has 13 heteroatoms. The van der Waals surface area contributed by atoms with Crippen molar-refractivity contribution in [1.82, 2.24) is 20.1 Å². The van der Waals surface area contributed by atoms with Crippen molar-refractivity contribution in [2.75, 3.05) is 23.0 Å². The molecule has 11 nitrogen and oxygen atoms in total. The molecule has 0 bridgehead atoms. The fraction of sp³-hybridized carbons (Fsp3) is 0.200. The first-order chi connectivity index (χ1) is 15.7. The number of carbonyl (C=O) groups excluding carboxylic acids is 2. The smallest absolute Gasteiger partial charge is 0.395 e. The van der Waals surface area contributed by atoms with Crippen molar-refractivity contribution in [3.05, 3.63) is 53.9 Å². The van der Waals surface area contributed by atoms with Gasteiger partial charge in [-0.25, -0.2) is 9.78 Å². The van der Waals surface area contributed by atoms with Gasteiger partial charge < -0.3 is 25.4 Å². The molecule has 2 aromatic heterocycles. The number of rotatable bonds is 6. The van der Waals surface area contributed by atoms with Crippen molar-refractivity contribution in [3.8, 4) is 11.5 Å². The molecule has 0 saturated carbocycles. The zero-order chi connectivity index (χ0) is 23.6. The van der Waals surface area contributed by atoms with Crippen LogP contribution in [-0.2, 0) is 13.6 Å². The van der Waals surface area contributed by atoms with E-state index in [9.17, 15) is 18.4 Å². The molecule has 4 rings (SSSR count). The molecule has 33 heavy (non-hydrogen) atoms. The van der Waals surface area contributed by atoms with Gasteiger partial charge in [0, 0.05) is 38.6 Å². The summed E-state index contributed by atoms with van der Waals surface area (Å²) in [6.07, 6.45) is -0.819. The lowest BCUT2D eigenvalue weighted by Crippen LogP contribution is -2.25. The molecular weight excluding hydrogens is 440 g/mol. The Hall–Kier alpha value is -4.42. The normalized spacial score (nSPS) is 13.3. The number of halogens is 2. The van der Waals surface area contributed by atoms with E-state index in [2.05, 4.69) is 40.8 Å². The van der Waals surface area contributed by atoms with Crippen molar-refractivity contribution < 1.29 is 27.8 Å². The van der Waals surface area contributed by atoms with Crippen molar-refractivity contribution in [1.29, 1.82) is 0 Å². The Balaban J connectivity index is 1.45. The average Bonchev–Trinajstić information content (AvgIpc) is 3.29. The van der Waals surface area contributed by atoms with Crippen LogP contribution in [0.15, 0.2) is 42.7 Å². The zero-order valence-electron chi connectivity index (χ0n) is 17.5. The van der Waals surface area contributed by atoms with E-state index < -0.39 is 18.2 Å². The number of fused-ring (bicyclic) bond motifs is 1. The first-order valence-corrected chi connectivity index (χ1v) is 9.65. The minimum Gasteiger partial charge on any atom is -0.395 e. The van der Waals surface area contributed by atoms with Gasteiger partial charge in [0.25, 0.3) is 5.91 Å². The lowest BCUT2D eigenvalue weighted by Gasteiger charge is -2.11. The molecule has 0 radical (unpaired) electrons. The highest BCUT2D eigenvalue weighted by Crippen LogP contribution is 2.42. The van der Waals surface area contributed by atoms with Gasteiger partial charge in [0.2, 0.25) is 0 Å². The molecule has 4 N–H and O–H groups in total. The Labute approximate surface area is 186 Å². The van der Waals surface area contributed by atoms with E-state index in [0.717, 1.165) is 5.56 Å². The Morgan fingerprint density at radius 1 is 1.12 bits per heavy atom. The van der Waals surface area contributed by atoms with E-state index in [4.69, 9.17) is 0 Å². The molecule has 1 aromatic carbocycles. The third-order valence-electron chi connectivity index (χ3n) is 4.60. The van der Waals surface area contributed by atoms with Crippen LogP contribution in [0.3, 0.4) is 0 Å². The number of anilines is 3. The number of benzene rings is 1. The van der Waals surface area contributed by atoms with Gasteiger partial charge in [0.05, 0.1) is 6.20 Å². The molecule has 3 amide bonds. The number of urea groups is 1. The third kappa shape index (κ3) is 4.92. The maximum absolute atomic E-state index is 13.2. The Morgan fingerprint density at radius 2 is 1.91 bits per heavy atom. The van der Waals surface area contributed by atoms with Gasteiger partial charge in [-0.2, -0.15) is 5.10 Å². The largest absolute Gasteiger partial charge is 0.586 e. The maximum Gasteiger partial charge on any atom is 0.586 e. The SMILES string of the molecule is CNC(=O)Nc1cc(CNc2c(C(=O)Nc3ccc4c(c3)OC(F)(F)O4)cnn2C)ccn1. The number of alkyl halides is 2. The molecule has 1 aliphatic rings. The van der Waals surface area contributed by atoms with Crippen molar-refractivity contribution >= 4 is 29.3 Å². The summed E-state index contributed by atoms with van der Waals surface area (Å²) in [5.41, 5.74) is 1.27. The van der Waals surface area contributed by atoms with E-state index in [1.807, 2.05) is 0 Å². The molecule has 0 spiro atoms. The summed E-state index contributed by atoms with van der Waals surface area (Å²) in [5.74, 6) is -0.0131. The molecule has 0 atom stereocenters. The van der Waals surface area contributed by atoms with Crippen LogP contribution in [0.25, 0.3) is 0 Å². The van der Waals surface area contributed by atoms with Gasteiger partial charge in [0.15, 0.2) is 11.5 Å². The van der Waals surface area contributed by atoms with Crippen LogP contribution in [0.1, 0.15) is 15.9 Å². The fourth-order valence-electron chi connectivity index (χ4n) is 3.06. The molecule has 0 aliphatic carbocycles. The molecule has 0 unspecified atom stereocenters. The second-order valence-electron chi connectivity index (χ2n) is 6.92. The van der Waals surface area contributed by atoms with Gasteiger partial charge >= 0.3 is 12.3 Å². The van der Waals surface area contributed by atoms with Gasteiger partial charge in [-0.15, -0.1) is 8.78 Å². The number of aromatic nitrogens is 3. The number of nitrogens with one attached hydrogen (secondary N) is 4. The number of amides is 3. The predicted molar refractivity (Wildman–Crippen MR) is 113 cm³/mol. The van der Waals surface area contributed by atoms with E-state index in [1.165, 1.54) is 36.1 Å². The van der Waals surface area contributed by atoms with Crippen molar-refractivity contribution in [3.63, 3.8) is 0 Å². The summed E-state index contributed by atoms with van der Waals surface area (Å²) in [5, 5.41) is 14.9. The predicted octanol–water partition coefficient (Wildman–Crippen LogP) is 2.75. The third-order valence-corrected chi connectivity index (χ3v) is 4.60. The van der Waals surface area contributed by atoms with Crippen LogP contribution in [0, 0.1) is 0 Å². The number of hydrogen-bond acceptors (Lipinski definition) is 7. The lowest BCUT2D eigenvalue weighted by molar-refractivity contribution is -0.286.